The van der Waals surface area contributed by atoms with Gasteiger partial charge >= 0.3 is 0 Å². The van der Waals surface area contributed by atoms with Crippen molar-refractivity contribution in [1.29, 1.82) is 0 Å². The van der Waals surface area contributed by atoms with E-state index < -0.39 is 0 Å². The lowest BCUT2D eigenvalue weighted by molar-refractivity contribution is -0.121. The summed E-state index contributed by atoms with van der Waals surface area (Å²) in [6.07, 6.45) is 9.73. The van der Waals surface area contributed by atoms with Crippen LogP contribution in [0.25, 0.3) is 0 Å². The molecule has 0 radical (unpaired) electrons. The highest BCUT2D eigenvalue weighted by molar-refractivity contribution is 5.99. The number of anilines is 2. The Morgan fingerprint density at radius 1 is 1.06 bits per heavy atom. The zero-order valence-electron chi connectivity index (χ0n) is 18.1. The number of amides is 2. The van der Waals surface area contributed by atoms with Crippen molar-refractivity contribution >= 4 is 23.2 Å². The maximum Gasteiger partial charge on any atom is 0.265 e. The maximum atomic E-state index is 12.5. The van der Waals surface area contributed by atoms with Gasteiger partial charge in [-0.3, -0.25) is 9.59 Å². The van der Waals surface area contributed by atoms with Crippen molar-refractivity contribution in [3.63, 3.8) is 0 Å². The van der Waals surface area contributed by atoms with Crippen LogP contribution in [-0.2, 0) is 16.0 Å². The van der Waals surface area contributed by atoms with Crippen LogP contribution in [0.4, 0.5) is 11.4 Å². The smallest absolute Gasteiger partial charge is 0.265 e. The van der Waals surface area contributed by atoms with E-state index in [0.29, 0.717) is 24.6 Å². The first kappa shape index (κ1) is 21.4. The fourth-order valence-corrected chi connectivity index (χ4v) is 4.65. The van der Waals surface area contributed by atoms with Gasteiger partial charge in [-0.2, -0.15) is 0 Å². The number of rotatable bonds is 8. The van der Waals surface area contributed by atoms with E-state index in [1.165, 1.54) is 37.7 Å². The second-order valence-corrected chi connectivity index (χ2v) is 8.70. The van der Waals surface area contributed by atoms with Crippen molar-refractivity contribution in [3.8, 4) is 5.75 Å². The second-order valence-electron chi connectivity index (χ2n) is 8.70. The van der Waals surface area contributed by atoms with Crippen molar-refractivity contribution in [3.05, 3.63) is 54.1 Å². The number of carbonyl (C=O) groups excluding carboxylic acids is 2. The van der Waals surface area contributed by atoms with Crippen LogP contribution in [0.2, 0.25) is 0 Å². The molecule has 0 saturated heterocycles. The molecular formula is C26H32N2O3. The van der Waals surface area contributed by atoms with Gasteiger partial charge in [-0.15, -0.1) is 0 Å². The molecule has 4 rings (SSSR count). The third-order valence-electron chi connectivity index (χ3n) is 6.38. The lowest BCUT2D eigenvalue weighted by Gasteiger charge is -2.30. The third kappa shape index (κ3) is 5.87. The topological polar surface area (TPSA) is 58.6 Å². The molecule has 0 spiro atoms. The lowest BCUT2D eigenvalue weighted by Crippen LogP contribution is -2.39. The molecule has 2 aliphatic rings. The van der Waals surface area contributed by atoms with Gasteiger partial charge in [0, 0.05) is 18.7 Å². The van der Waals surface area contributed by atoms with E-state index in [4.69, 9.17) is 4.74 Å². The molecule has 2 aromatic carbocycles. The summed E-state index contributed by atoms with van der Waals surface area (Å²) in [6.45, 7) is 0.689. The minimum atomic E-state index is -0.0404. The number of ether oxygens (including phenoxy) is 1. The summed E-state index contributed by atoms with van der Waals surface area (Å²) in [7, 11) is 0. The number of hydrogen-bond acceptors (Lipinski definition) is 3. The average Bonchev–Trinajstić information content (AvgIpc) is 2.80. The van der Waals surface area contributed by atoms with E-state index in [2.05, 4.69) is 17.4 Å². The van der Waals surface area contributed by atoms with Crippen LogP contribution >= 0.6 is 0 Å². The van der Waals surface area contributed by atoms with E-state index in [-0.39, 0.29) is 18.4 Å². The van der Waals surface area contributed by atoms with Gasteiger partial charge in [0.2, 0.25) is 5.91 Å². The number of hydrogen-bond donors (Lipinski definition) is 1. The molecule has 5 nitrogen and oxygen atoms in total. The number of fused-ring (bicyclic) bond motifs is 1. The molecule has 31 heavy (non-hydrogen) atoms. The summed E-state index contributed by atoms with van der Waals surface area (Å²) in [5.41, 5.74) is 2.73. The molecule has 0 bridgehead atoms. The molecule has 5 heteroatoms. The first-order valence-electron chi connectivity index (χ1n) is 11.6. The molecule has 1 aliphatic heterocycles. The zero-order valence-corrected chi connectivity index (χ0v) is 18.1. The Balaban J connectivity index is 1.35. The summed E-state index contributed by atoms with van der Waals surface area (Å²) in [4.78, 5) is 26.8. The van der Waals surface area contributed by atoms with Crippen molar-refractivity contribution in [2.24, 2.45) is 5.92 Å². The summed E-state index contributed by atoms with van der Waals surface area (Å²) in [5, 5.41) is 3.02. The van der Waals surface area contributed by atoms with Gasteiger partial charge in [0.1, 0.15) is 5.75 Å². The van der Waals surface area contributed by atoms with Gasteiger partial charge in [-0.05, 0) is 48.9 Å². The van der Waals surface area contributed by atoms with E-state index in [1.54, 1.807) is 4.90 Å². The van der Waals surface area contributed by atoms with Crippen LogP contribution in [0, 0.1) is 5.92 Å². The minimum absolute atomic E-state index is 0.0404. The molecule has 1 saturated carbocycles. The molecule has 164 valence electrons. The molecule has 1 aliphatic carbocycles. The fourth-order valence-electron chi connectivity index (χ4n) is 4.65. The number of benzene rings is 2. The third-order valence-corrected chi connectivity index (χ3v) is 6.38. The largest absolute Gasteiger partial charge is 0.482 e. The maximum absolute atomic E-state index is 12.5. The zero-order chi connectivity index (χ0) is 21.5. The summed E-state index contributed by atoms with van der Waals surface area (Å²) >= 11 is 0. The predicted octanol–water partition coefficient (Wildman–Crippen LogP) is 5.34. The molecule has 0 atom stereocenters. The van der Waals surface area contributed by atoms with Crippen LogP contribution in [0.5, 0.6) is 5.75 Å². The Labute approximate surface area is 184 Å². The van der Waals surface area contributed by atoms with Gasteiger partial charge in [0.15, 0.2) is 6.61 Å². The summed E-state index contributed by atoms with van der Waals surface area (Å²) in [5.74, 6) is 1.39. The van der Waals surface area contributed by atoms with E-state index in [0.717, 1.165) is 30.6 Å². The Kier molecular flexibility index (Phi) is 7.23. The van der Waals surface area contributed by atoms with E-state index >= 15 is 0 Å². The molecule has 1 N–H and O–H groups in total. The predicted molar refractivity (Wildman–Crippen MR) is 123 cm³/mol. The number of nitrogens with one attached hydrogen (secondary N) is 1. The Morgan fingerprint density at radius 3 is 2.68 bits per heavy atom. The molecule has 1 fully saturated rings. The standard InChI is InChI=1S/C26H32N2O3/c29-25(16-13-21-10-5-2-6-11-21)27-22-14-15-24-23(18-22)28(26(30)19-31-24)17-7-12-20-8-3-1-4-9-20/h1,3-4,8-9,14-15,18,21H,2,5-7,10-13,16-17,19H2,(H,27,29). The molecule has 2 amide bonds. The van der Waals surface area contributed by atoms with E-state index in [1.807, 2.05) is 36.4 Å². The van der Waals surface area contributed by atoms with Gasteiger partial charge in [-0.25, -0.2) is 0 Å². The first-order valence-corrected chi connectivity index (χ1v) is 11.6. The molecule has 0 aromatic heterocycles. The quantitative estimate of drug-likeness (QED) is 0.627. The normalized spacial score (nSPS) is 16.5. The fraction of sp³-hybridized carbons (Fsp3) is 0.462. The molecular weight excluding hydrogens is 388 g/mol. The average molecular weight is 421 g/mol. The van der Waals surface area contributed by atoms with Crippen molar-refractivity contribution in [1.82, 2.24) is 0 Å². The minimum Gasteiger partial charge on any atom is -0.482 e. The van der Waals surface area contributed by atoms with Crippen LogP contribution in [0.15, 0.2) is 48.5 Å². The van der Waals surface area contributed by atoms with Crippen LogP contribution in [-0.4, -0.2) is 25.0 Å². The van der Waals surface area contributed by atoms with Crippen molar-refractivity contribution in [2.45, 2.75) is 57.8 Å². The summed E-state index contributed by atoms with van der Waals surface area (Å²) in [6, 6.07) is 15.9. The number of carbonyl (C=O) groups is 2. The molecule has 1 heterocycles. The highest BCUT2D eigenvalue weighted by Crippen LogP contribution is 2.35. The van der Waals surface area contributed by atoms with Gasteiger partial charge in [-0.1, -0.05) is 62.4 Å². The number of nitrogens with zero attached hydrogens (tertiary/aromatic N) is 1. The number of aryl methyl sites for hydroxylation is 1. The van der Waals surface area contributed by atoms with Crippen LogP contribution < -0.4 is 15.0 Å². The molecule has 2 aromatic rings. The highest BCUT2D eigenvalue weighted by atomic mass is 16.5. The second kappa shape index (κ2) is 10.5. The van der Waals surface area contributed by atoms with Gasteiger partial charge < -0.3 is 15.0 Å². The highest BCUT2D eigenvalue weighted by Gasteiger charge is 2.25. The van der Waals surface area contributed by atoms with Gasteiger partial charge in [0.05, 0.1) is 5.69 Å². The van der Waals surface area contributed by atoms with E-state index in [9.17, 15) is 9.59 Å². The van der Waals surface area contributed by atoms with Gasteiger partial charge in [0.25, 0.3) is 5.91 Å². The van der Waals surface area contributed by atoms with Crippen molar-refractivity contribution < 1.29 is 14.3 Å². The van der Waals surface area contributed by atoms with Crippen LogP contribution in [0.1, 0.15) is 56.9 Å². The van der Waals surface area contributed by atoms with Crippen molar-refractivity contribution in [2.75, 3.05) is 23.4 Å². The summed E-state index contributed by atoms with van der Waals surface area (Å²) < 4.78 is 5.61. The Morgan fingerprint density at radius 2 is 1.87 bits per heavy atom. The Hall–Kier alpha value is -2.82. The van der Waals surface area contributed by atoms with Crippen LogP contribution in [0.3, 0.4) is 0 Å². The monoisotopic (exact) mass is 420 g/mol. The first-order chi connectivity index (χ1) is 15.2. The SMILES string of the molecule is O=C(CCC1CCCCC1)Nc1ccc2c(c1)N(CCCc1ccccc1)C(=O)CO2. The molecule has 0 unspecified atom stereocenters. The lowest BCUT2D eigenvalue weighted by atomic mass is 9.86. The Bertz CT molecular complexity index is 891.